The van der Waals surface area contributed by atoms with Crippen LogP contribution in [0.15, 0.2) is 30.6 Å². The number of hydrogen-bond acceptors (Lipinski definition) is 3. The van der Waals surface area contributed by atoms with E-state index in [0.29, 0.717) is 24.5 Å². The average molecular weight is 249 g/mol. The smallest absolute Gasteiger partial charge is 0.124 e. The van der Waals surface area contributed by atoms with Crippen molar-refractivity contribution in [1.29, 1.82) is 0 Å². The van der Waals surface area contributed by atoms with Gasteiger partial charge in [0.1, 0.15) is 24.0 Å². The first kappa shape index (κ1) is 12.6. The minimum absolute atomic E-state index is 0.261. The van der Waals surface area contributed by atoms with Crippen LogP contribution in [0.4, 0.5) is 4.39 Å². The number of rotatable bonds is 5. The Bertz CT molecular complexity index is 525. The minimum Gasteiger partial charge on any atom is -0.491 e. The second-order valence-corrected chi connectivity index (χ2v) is 3.97. The zero-order valence-electron chi connectivity index (χ0n) is 10.3. The Labute approximate surface area is 105 Å². The Morgan fingerprint density at radius 3 is 2.94 bits per heavy atom. The number of hydrogen-bond donors (Lipinski definition) is 1. The fraction of sp³-hybridized carbons (Fsp3) is 0.308. The van der Waals surface area contributed by atoms with E-state index >= 15 is 0 Å². The molecule has 0 aliphatic rings. The molecule has 0 aliphatic carbocycles. The molecule has 0 radical (unpaired) electrons. The molecule has 0 aliphatic heterocycles. The van der Waals surface area contributed by atoms with Gasteiger partial charge in [0, 0.05) is 24.5 Å². The molecule has 0 spiro atoms. The predicted octanol–water partition coefficient (Wildman–Crippen LogP) is 1.87. The lowest BCUT2D eigenvalue weighted by atomic mass is 10.2. The number of nitrogens with two attached hydrogens (primary N) is 1. The summed E-state index contributed by atoms with van der Waals surface area (Å²) < 4.78 is 20.6. The minimum atomic E-state index is -0.298. The van der Waals surface area contributed by atoms with Crippen molar-refractivity contribution in [1.82, 2.24) is 9.55 Å². The van der Waals surface area contributed by atoms with Gasteiger partial charge < -0.3 is 15.0 Å². The van der Waals surface area contributed by atoms with E-state index in [-0.39, 0.29) is 12.4 Å². The van der Waals surface area contributed by atoms with Crippen molar-refractivity contribution >= 4 is 0 Å². The van der Waals surface area contributed by atoms with Crippen molar-refractivity contribution in [3.05, 3.63) is 47.8 Å². The molecule has 5 heteroatoms. The first-order chi connectivity index (χ1) is 8.70. The van der Waals surface area contributed by atoms with Crippen LogP contribution in [0, 0.1) is 12.7 Å². The monoisotopic (exact) mass is 249 g/mol. The molecule has 18 heavy (non-hydrogen) atoms. The van der Waals surface area contributed by atoms with E-state index in [9.17, 15) is 4.39 Å². The first-order valence-electron chi connectivity index (χ1n) is 5.79. The molecule has 0 unspecified atom stereocenters. The van der Waals surface area contributed by atoms with Crippen LogP contribution in [-0.2, 0) is 13.1 Å². The van der Waals surface area contributed by atoms with Crippen LogP contribution in [0.2, 0.25) is 0 Å². The highest BCUT2D eigenvalue weighted by atomic mass is 19.1. The summed E-state index contributed by atoms with van der Waals surface area (Å²) >= 11 is 0. The van der Waals surface area contributed by atoms with E-state index in [2.05, 4.69) is 4.98 Å². The number of aryl methyl sites for hydroxylation is 1. The Balaban J connectivity index is 1.96. The normalized spacial score (nSPS) is 10.6. The highest BCUT2D eigenvalue weighted by Crippen LogP contribution is 2.19. The molecule has 0 amide bonds. The molecule has 2 aromatic rings. The lowest BCUT2D eigenvalue weighted by Crippen LogP contribution is -2.10. The standard InChI is InChI=1S/C13H16FN3O/c1-10-16-4-5-17(10)6-7-18-13-3-2-12(14)8-11(13)9-15/h2-5,8H,6-7,9,15H2,1H3. The van der Waals surface area contributed by atoms with E-state index in [1.165, 1.54) is 12.1 Å². The van der Waals surface area contributed by atoms with Crippen LogP contribution in [-0.4, -0.2) is 16.2 Å². The molecular weight excluding hydrogens is 233 g/mol. The van der Waals surface area contributed by atoms with Gasteiger partial charge >= 0.3 is 0 Å². The van der Waals surface area contributed by atoms with Gasteiger partial charge in [-0.2, -0.15) is 0 Å². The highest BCUT2D eigenvalue weighted by molar-refractivity contribution is 5.33. The van der Waals surface area contributed by atoms with E-state index in [4.69, 9.17) is 10.5 Å². The molecule has 1 aromatic heterocycles. The van der Waals surface area contributed by atoms with Crippen LogP contribution in [0.25, 0.3) is 0 Å². The van der Waals surface area contributed by atoms with E-state index in [1.807, 2.05) is 17.7 Å². The Hall–Kier alpha value is -1.88. The Morgan fingerprint density at radius 2 is 2.28 bits per heavy atom. The third kappa shape index (κ3) is 2.87. The third-order valence-corrected chi connectivity index (χ3v) is 2.76. The molecule has 1 aromatic carbocycles. The van der Waals surface area contributed by atoms with E-state index < -0.39 is 0 Å². The molecule has 2 N–H and O–H groups in total. The lowest BCUT2D eigenvalue weighted by molar-refractivity contribution is 0.294. The number of halogens is 1. The molecule has 0 fully saturated rings. The molecule has 0 saturated carbocycles. The molecule has 4 nitrogen and oxygen atoms in total. The van der Waals surface area contributed by atoms with Gasteiger partial charge in [0.25, 0.3) is 0 Å². The topological polar surface area (TPSA) is 53.1 Å². The third-order valence-electron chi connectivity index (χ3n) is 2.76. The van der Waals surface area contributed by atoms with Crippen molar-refractivity contribution in [2.24, 2.45) is 5.73 Å². The van der Waals surface area contributed by atoms with Crippen LogP contribution in [0.1, 0.15) is 11.4 Å². The van der Waals surface area contributed by atoms with Gasteiger partial charge in [-0.25, -0.2) is 9.37 Å². The molecule has 96 valence electrons. The summed E-state index contributed by atoms with van der Waals surface area (Å²) in [5.74, 6) is 1.28. The van der Waals surface area contributed by atoms with Gasteiger partial charge in [-0.15, -0.1) is 0 Å². The maximum Gasteiger partial charge on any atom is 0.124 e. The summed E-state index contributed by atoms with van der Waals surface area (Å²) in [6, 6.07) is 4.38. The first-order valence-corrected chi connectivity index (χ1v) is 5.79. The van der Waals surface area contributed by atoms with E-state index in [1.54, 1.807) is 12.3 Å². The van der Waals surface area contributed by atoms with Crippen molar-refractivity contribution in [3.8, 4) is 5.75 Å². The summed E-state index contributed by atoms with van der Waals surface area (Å²) in [7, 11) is 0. The number of benzene rings is 1. The Kier molecular flexibility index (Phi) is 3.94. The largest absolute Gasteiger partial charge is 0.491 e. The summed E-state index contributed by atoms with van der Waals surface area (Å²) in [6.07, 6.45) is 3.64. The van der Waals surface area contributed by atoms with Gasteiger partial charge in [0.15, 0.2) is 0 Å². The van der Waals surface area contributed by atoms with Gasteiger partial charge in [-0.1, -0.05) is 0 Å². The van der Waals surface area contributed by atoms with Gasteiger partial charge in [-0.3, -0.25) is 0 Å². The molecule has 2 rings (SSSR count). The second kappa shape index (κ2) is 5.64. The zero-order chi connectivity index (χ0) is 13.0. The fourth-order valence-corrected chi connectivity index (χ4v) is 1.74. The molecule has 1 heterocycles. The molecule has 0 atom stereocenters. The average Bonchev–Trinajstić information content (AvgIpc) is 2.77. The van der Waals surface area contributed by atoms with Gasteiger partial charge in [0.2, 0.25) is 0 Å². The Morgan fingerprint density at radius 1 is 1.44 bits per heavy atom. The second-order valence-electron chi connectivity index (χ2n) is 3.97. The fourth-order valence-electron chi connectivity index (χ4n) is 1.74. The number of ether oxygens (including phenoxy) is 1. The molecule has 0 bridgehead atoms. The summed E-state index contributed by atoms with van der Waals surface area (Å²) in [4.78, 5) is 4.13. The van der Waals surface area contributed by atoms with Crippen LogP contribution in [0.3, 0.4) is 0 Å². The molecular formula is C13H16FN3O. The van der Waals surface area contributed by atoms with Crippen molar-refractivity contribution in [3.63, 3.8) is 0 Å². The number of imidazole rings is 1. The SMILES string of the molecule is Cc1nccn1CCOc1ccc(F)cc1CN. The number of nitrogens with zero attached hydrogens (tertiary/aromatic N) is 2. The van der Waals surface area contributed by atoms with Crippen molar-refractivity contribution in [2.75, 3.05) is 6.61 Å². The number of aromatic nitrogens is 2. The van der Waals surface area contributed by atoms with Crippen LogP contribution < -0.4 is 10.5 Å². The van der Waals surface area contributed by atoms with Crippen LogP contribution >= 0.6 is 0 Å². The zero-order valence-corrected chi connectivity index (χ0v) is 10.3. The predicted molar refractivity (Wildman–Crippen MR) is 66.8 cm³/mol. The van der Waals surface area contributed by atoms with Gasteiger partial charge in [-0.05, 0) is 25.1 Å². The van der Waals surface area contributed by atoms with Gasteiger partial charge in [0.05, 0.1) is 6.54 Å². The summed E-state index contributed by atoms with van der Waals surface area (Å²) in [6.45, 7) is 3.39. The van der Waals surface area contributed by atoms with E-state index in [0.717, 1.165) is 5.82 Å². The van der Waals surface area contributed by atoms with Crippen LogP contribution in [0.5, 0.6) is 5.75 Å². The maximum absolute atomic E-state index is 13.0. The maximum atomic E-state index is 13.0. The summed E-state index contributed by atoms with van der Waals surface area (Å²) in [5, 5.41) is 0. The summed E-state index contributed by atoms with van der Waals surface area (Å²) in [5.41, 5.74) is 6.23. The highest BCUT2D eigenvalue weighted by Gasteiger charge is 2.04. The quantitative estimate of drug-likeness (QED) is 0.880. The lowest BCUT2D eigenvalue weighted by Gasteiger charge is -2.11. The van der Waals surface area contributed by atoms with Crippen molar-refractivity contribution < 1.29 is 9.13 Å². The molecule has 0 saturated heterocycles. The van der Waals surface area contributed by atoms with Crippen molar-refractivity contribution in [2.45, 2.75) is 20.0 Å².